The van der Waals surface area contributed by atoms with Crippen LogP contribution in [0.5, 0.6) is 0 Å². The van der Waals surface area contributed by atoms with Crippen molar-refractivity contribution in [1.29, 1.82) is 10.5 Å². The van der Waals surface area contributed by atoms with Crippen molar-refractivity contribution in [2.45, 2.75) is 0 Å². The Morgan fingerprint density at radius 1 is 0.895 bits per heavy atom. The Labute approximate surface area is 112 Å². The molecule has 0 aromatic heterocycles. The second-order valence-electron chi connectivity index (χ2n) is 3.87. The molecule has 0 amide bonds. The zero-order valence-corrected chi connectivity index (χ0v) is 10.2. The molecular formula is C16H11N3. The van der Waals surface area contributed by atoms with Gasteiger partial charge in [-0.25, -0.2) is 0 Å². The summed E-state index contributed by atoms with van der Waals surface area (Å²) < 4.78 is 0. The molecule has 0 atom stereocenters. The van der Waals surface area contributed by atoms with Gasteiger partial charge in [0.05, 0.1) is 0 Å². The predicted octanol–water partition coefficient (Wildman–Crippen LogP) is 3.70. The van der Waals surface area contributed by atoms with E-state index >= 15 is 0 Å². The lowest BCUT2D eigenvalue weighted by molar-refractivity contribution is 1.44. The number of rotatable bonds is 3. The third-order valence-electron chi connectivity index (χ3n) is 2.59. The third kappa shape index (κ3) is 3.21. The molecule has 0 radical (unpaired) electrons. The molecule has 3 nitrogen and oxygen atoms in total. The first-order valence-electron chi connectivity index (χ1n) is 5.76. The van der Waals surface area contributed by atoms with Crippen LogP contribution in [0.25, 0.3) is 11.1 Å². The van der Waals surface area contributed by atoms with E-state index in [2.05, 4.69) is 5.32 Å². The minimum atomic E-state index is 0.0464. The van der Waals surface area contributed by atoms with Gasteiger partial charge >= 0.3 is 0 Å². The molecule has 19 heavy (non-hydrogen) atoms. The van der Waals surface area contributed by atoms with E-state index in [0.717, 1.165) is 16.8 Å². The maximum absolute atomic E-state index is 8.66. The smallest absolute Gasteiger partial charge is 0.145 e. The quantitative estimate of drug-likeness (QED) is 0.839. The van der Waals surface area contributed by atoms with Crippen LogP contribution in [0.3, 0.4) is 0 Å². The van der Waals surface area contributed by atoms with E-state index in [9.17, 15) is 0 Å². The maximum Gasteiger partial charge on any atom is 0.145 e. The summed E-state index contributed by atoms with van der Waals surface area (Å²) >= 11 is 0. The zero-order chi connectivity index (χ0) is 13.5. The Balaban J connectivity index is 2.24. The fourth-order valence-electron chi connectivity index (χ4n) is 1.66. The molecule has 2 aromatic carbocycles. The average molecular weight is 245 g/mol. The van der Waals surface area contributed by atoms with Gasteiger partial charge in [-0.1, -0.05) is 42.5 Å². The highest BCUT2D eigenvalue weighted by atomic mass is 14.8. The molecule has 0 spiro atoms. The lowest BCUT2D eigenvalue weighted by Crippen LogP contribution is -1.90. The maximum atomic E-state index is 8.66. The van der Waals surface area contributed by atoms with Crippen LogP contribution in [0.2, 0.25) is 0 Å². The van der Waals surface area contributed by atoms with Crippen molar-refractivity contribution in [2.24, 2.45) is 0 Å². The predicted molar refractivity (Wildman–Crippen MR) is 74.8 cm³/mol. The first-order chi connectivity index (χ1) is 9.33. The number of nitrogens with one attached hydrogen (secondary N) is 1. The molecule has 0 fully saturated rings. The standard InChI is InChI=1S/C16H11N3/c17-10-13(11-18)12-19-16-8-4-7-15(9-16)14-5-2-1-3-6-14/h1-9,12,19H. The highest BCUT2D eigenvalue weighted by Crippen LogP contribution is 2.22. The van der Waals surface area contributed by atoms with Crippen LogP contribution in [-0.4, -0.2) is 0 Å². The van der Waals surface area contributed by atoms with Crippen molar-refractivity contribution >= 4 is 5.69 Å². The minimum absolute atomic E-state index is 0.0464. The molecule has 0 aliphatic heterocycles. The van der Waals surface area contributed by atoms with Crippen LogP contribution in [0, 0.1) is 22.7 Å². The molecule has 2 aromatic rings. The van der Waals surface area contributed by atoms with Crippen LogP contribution in [0.4, 0.5) is 5.69 Å². The molecule has 0 saturated carbocycles. The van der Waals surface area contributed by atoms with E-state index in [1.165, 1.54) is 6.20 Å². The zero-order valence-electron chi connectivity index (χ0n) is 10.2. The van der Waals surface area contributed by atoms with Crippen LogP contribution in [0.1, 0.15) is 0 Å². The summed E-state index contributed by atoms with van der Waals surface area (Å²) in [5.74, 6) is 0. The van der Waals surface area contributed by atoms with Crippen molar-refractivity contribution in [1.82, 2.24) is 0 Å². The Morgan fingerprint density at radius 2 is 1.58 bits per heavy atom. The second-order valence-corrected chi connectivity index (χ2v) is 3.87. The van der Waals surface area contributed by atoms with Gasteiger partial charge in [0, 0.05) is 11.9 Å². The first-order valence-corrected chi connectivity index (χ1v) is 5.76. The van der Waals surface area contributed by atoms with Gasteiger partial charge in [-0.05, 0) is 23.3 Å². The summed E-state index contributed by atoms with van der Waals surface area (Å²) in [5.41, 5.74) is 3.08. The normalized spacial score (nSPS) is 8.95. The first kappa shape index (κ1) is 12.4. The fourth-order valence-corrected chi connectivity index (χ4v) is 1.66. The summed E-state index contributed by atoms with van der Waals surface area (Å²) in [5, 5.41) is 20.3. The third-order valence-corrected chi connectivity index (χ3v) is 2.59. The number of hydrogen-bond acceptors (Lipinski definition) is 3. The van der Waals surface area contributed by atoms with Gasteiger partial charge in [0.25, 0.3) is 0 Å². The molecule has 3 heteroatoms. The van der Waals surface area contributed by atoms with E-state index in [0.29, 0.717) is 0 Å². The van der Waals surface area contributed by atoms with Gasteiger partial charge in [-0.15, -0.1) is 0 Å². The largest absolute Gasteiger partial charge is 0.360 e. The van der Waals surface area contributed by atoms with Crippen LogP contribution >= 0.6 is 0 Å². The SMILES string of the molecule is N#CC(C#N)=CNc1cccc(-c2ccccc2)c1. The van der Waals surface area contributed by atoms with Crippen molar-refractivity contribution < 1.29 is 0 Å². The van der Waals surface area contributed by atoms with E-state index in [4.69, 9.17) is 10.5 Å². The number of hydrogen-bond donors (Lipinski definition) is 1. The number of anilines is 1. The molecular weight excluding hydrogens is 234 g/mol. The highest BCUT2D eigenvalue weighted by molar-refractivity contribution is 5.68. The summed E-state index contributed by atoms with van der Waals surface area (Å²) in [7, 11) is 0. The summed E-state index contributed by atoms with van der Waals surface area (Å²) in [4.78, 5) is 0. The minimum Gasteiger partial charge on any atom is -0.360 e. The Kier molecular flexibility index (Phi) is 3.95. The molecule has 90 valence electrons. The van der Waals surface area contributed by atoms with Crippen LogP contribution in [-0.2, 0) is 0 Å². The molecule has 0 heterocycles. The van der Waals surface area contributed by atoms with Crippen LogP contribution < -0.4 is 5.32 Å². The van der Waals surface area contributed by atoms with E-state index in [-0.39, 0.29) is 5.57 Å². The lowest BCUT2D eigenvalue weighted by Gasteiger charge is -2.05. The van der Waals surface area contributed by atoms with Crippen LogP contribution in [0.15, 0.2) is 66.4 Å². The highest BCUT2D eigenvalue weighted by Gasteiger charge is 1.98. The van der Waals surface area contributed by atoms with E-state index < -0.39 is 0 Å². The monoisotopic (exact) mass is 245 g/mol. The summed E-state index contributed by atoms with van der Waals surface area (Å²) in [6, 6.07) is 21.4. The Morgan fingerprint density at radius 3 is 2.26 bits per heavy atom. The van der Waals surface area contributed by atoms with Gasteiger partial charge < -0.3 is 5.32 Å². The summed E-state index contributed by atoms with van der Waals surface area (Å²) in [6.45, 7) is 0. The molecule has 0 aliphatic rings. The summed E-state index contributed by atoms with van der Waals surface area (Å²) in [6.07, 6.45) is 1.41. The number of benzene rings is 2. The average Bonchev–Trinajstić information content (AvgIpc) is 2.49. The molecule has 2 rings (SSSR count). The van der Waals surface area contributed by atoms with Gasteiger partial charge in [0.1, 0.15) is 17.7 Å². The van der Waals surface area contributed by atoms with Gasteiger partial charge in [0.2, 0.25) is 0 Å². The molecule has 0 saturated heterocycles. The van der Waals surface area contributed by atoms with Gasteiger partial charge in [0.15, 0.2) is 0 Å². The topological polar surface area (TPSA) is 59.6 Å². The van der Waals surface area contributed by atoms with Gasteiger partial charge in [-0.3, -0.25) is 0 Å². The second kappa shape index (κ2) is 6.05. The Hall–Kier alpha value is -3.04. The fraction of sp³-hybridized carbons (Fsp3) is 0. The van der Waals surface area contributed by atoms with Gasteiger partial charge in [-0.2, -0.15) is 10.5 Å². The van der Waals surface area contributed by atoms with Crippen molar-refractivity contribution in [3.8, 4) is 23.3 Å². The number of allylic oxidation sites excluding steroid dienone is 1. The molecule has 0 aliphatic carbocycles. The van der Waals surface area contributed by atoms with E-state index in [1.807, 2.05) is 54.6 Å². The Bertz CT molecular complexity index is 657. The van der Waals surface area contributed by atoms with Crippen molar-refractivity contribution in [3.05, 3.63) is 66.4 Å². The van der Waals surface area contributed by atoms with E-state index in [1.54, 1.807) is 12.1 Å². The lowest BCUT2D eigenvalue weighted by atomic mass is 10.1. The molecule has 0 bridgehead atoms. The number of nitriles is 2. The number of nitrogens with zero attached hydrogens (tertiary/aromatic N) is 2. The molecule has 1 N–H and O–H groups in total. The van der Waals surface area contributed by atoms with Crippen molar-refractivity contribution in [3.63, 3.8) is 0 Å². The molecule has 0 unspecified atom stereocenters. The van der Waals surface area contributed by atoms with Crippen molar-refractivity contribution in [2.75, 3.05) is 5.32 Å².